The maximum absolute atomic E-state index is 12.6. The third-order valence-corrected chi connectivity index (χ3v) is 5.61. The average Bonchev–Trinajstić information content (AvgIpc) is 3.00. The molecule has 0 spiro atoms. The van der Waals surface area contributed by atoms with Crippen LogP contribution in [0.4, 0.5) is 0 Å². The first-order valence-electron chi connectivity index (χ1n) is 12.9. The fourth-order valence-corrected chi connectivity index (χ4v) is 3.66. The Balaban J connectivity index is 1.58. The van der Waals surface area contributed by atoms with Gasteiger partial charge in [-0.25, -0.2) is 10.2 Å². The third-order valence-electron chi connectivity index (χ3n) is 5.61. The highest BCUT2D eigenvalue weighted by molar-refractivity contribution is 5.97. The van der Waals surface area contributed by atoms with E-state index in [4.69, 9.17) is 28.4 Å². The summed E-state index contributed by atoms with van der Waals surface area (Å²) >= 11 is 0. The third kappa shape index (κ3) is 8.37. The second-order valence-corrected chi connectivity index (χ2v) is 8.38. The predicted molar refractivity (Wildman–Crippen MR) is 154 cm³/mol. The monoisotopic (exact) mass is 579 g/mol. The van der Waals surface area contributed by atoms with Crippen molar-refractivity contribution >= 4 is 24.0 Å². The van der Waals surface area contributed by atoms with Crippen LogP contribution in [-0.4, -0.2) is 65.1 Å². The molecule has 0 saturated heterocycles. The molecule has 222 valence electrons. The predicted octanol–water partition coefficient (Wildman–Crippen LogP) is 3.61. The lowest BCUT2D eigenvalue weighted by Gasteiger charge is -2.14. The van der Waals surface area contributed by atoms with E-state index in [9.17, 15) is 14.4 Å². The van der Waals surface area contributed by atoms with Gasteiger partial charge >= 0.3 is 5.97 Å². The normalized spacial score (nSPS) is 10.5. The minimum atomic E-state index is -0.557. The Morgan fingerprint density at radius 1 is 0.762 bits per heavy atom. The zero-order chi connectivity index (χ0) is 30.5. The van der Waals surface area contributed by atoms with E-state index in [-0.39, 0.29) is 17.9 Å². The summed E-state index contributed by atoms with van der Waals surface area (Å²) in [5, 5.41) is 6.43. The number of nitrogens with zero attached hydrogens (tertiary/aromatic N) is 1. The molecule has 3 aromatic carbocycles. The van der Waals surface area contributed by atoms with Crippen LogP contribution < -0.4 is 39.2 Å². The van der Waals surface area contributed by atoms with Gasteiger partial charge in [-0.1, -0.05) is 0 Å². The largest absolute Gasteiger partial charge is 0.494 e. The molecule has 0 atom stereocenters. The molecule has 0 aromatic heterocycles. The first-order chi connectivity index (χ1) is 20.3. The fraction of sp³-hybridized carbons (Fsp3) is 0.267. The lowest BCUT2D eigenvalue weighted by molar-refractivity contribution is -0.120. The Bertz CT molecular complexity index is 1400. The number of hydrazone groups is 1. The second-order valence-electron chi connectivity index (χ2n) is 8.38. The molecule has 0 aliphatic carbocycles. The molecule has 2 N–H and O–H groups in total. The number of hydrogen-bond acceptors (Lipinski definition) is 10. The van der Waals surface area contributed by atoms with E-state index in [0.717, 1.165) is 0 Å². The van der Waals surface area contributed by atoms with Crippen molar-refractivity contribution in [3.8, 4) is 34.5 Å². The number of nitrogens with one attached hydrogen (secondary N) is 2. The van der Waals surface area contributed by atoms with Gasteiger partial charge < -0.3 is 33.7 Å². The van der Waals surface area contributed by atoms with E-state index < -0.39 is 17.8 Å². The minimum absolute atomic E-state index is 0.215. The van der Waals surface area contributed by atoms with Crippen LogP contribution >= 0.6 is 0 Å². The fourth-order valence-electron chi connectivity index (χ4n) is 3.66. The Kier molecular flexibility index (Phi) is 11.5. The molecule has 0 aliphatic rings. The van der Waals surface area contributed by atoms with Crippen LogP contribution in [0.15, 0.2) is 59.7 Å². The topological polar surface area (TPSA) is 143 Å². The SMILES string of the molecule is CCOc1ccc(C(=O)Oc2ccc(C=NNC(=O)CNC(=O)c3cc(OC)c(OC)c(OC)c3)cc2OCC)cc1. The highest BCUT2D eigenvalue weighted by Gasteiger charge is 2.18. The van der Waals surface area contributed by atoms with E-state index in [1.54, 1.807) is 49.4 Å². The van der Waals surface area contributed by atoms with Crippen molar-refractivity contribution in [3.63, 3.8) is 0 Å². The number of carbonyl (C=O) groups excluding carboxylic acids is 3. The maximum Gasteiger partial charge on any atom is 0.343 e. The molecule has 0 saturated carbocycles. The summed E-state index contributed by atoms with van der Waals surface area (Å²) < 4.78 is 32.3. The van der Waals surface area contributed by atoms with Crippen molar-refractivity contribution in [1.29, 1.82) is 0 Å². The summed E-state index contributed by atoms with van der Waals surface area (Å²) in [7, 11) is 4.33. The van der Waals surface area contributed by atoms with Gasteiger partial charge in [0.1, 0.15) is 5.75 Å². The molecule has 0 bridgehead atoms. The van der Waals surface area contributed by atoms with Crippen LogP contribution in [-0.2, 0) is 4.79 Å². The van der Waals surface area contributed by atoms with Crippen LogP contribution in [0.3, 0.4) is 0 Å². The number of carbonyl (C=O) groups is 3. The summed E-state index contributed by atoms with van der Waals surface area (Å²) in [5.41, 5.74) is 3.48. The highest BCUT2D eigenvalue weighted by atomic mass is 16.6. The molecule has 3 rings (SSSR count). The summed E-state index contributed by atoms with van der Waals surface area (Å²) in [6, 6.07) is 14.4. The smallest absolute Gasteiger partial charge is 0.343 e. The molecule has 42 heavy (non-hydrogen) atoms. The van der Waals surface area contributed by atoms with Gasteiger partial charge in [0, 0.05) is 5.56 Å². The first-order valence-corrected chi connectivity index (χ1v) is 12.9. The lowest BCUT2D eigenvalue weighted by Crippen LogP contribution is -2.34. The Morgan fingerprint density at radius 3 is 2.02 bits per heavy atom. The van der Waals surface area contributed by atoms with Gasteiger partial charge in [-0.3, -0.25) is 9.59 Å². The lowest BCUT2D eigenvalue weighted by atomic mass is 10.1. The van der Waals surface area contributed by atoms with E-state index in [1.807, 2.05) is 6.92 Å². The molecular formula is C30H33N3O9. The maximum atomic E-state index is 12.6. The molecule has 12 nitrogen and oxygen atoms in total. The van der Waals surface area contributed by atoms with Gasteiger partial charge in [-0.05, 0) is 74.0 Å². The van der Waals surface area contributed by atoms with Crippen LogP contribution in [0.2, 0.25) is 0 Å². The van der Waals surface area contributed by atoms with Crippen LogP contribution in [0.5, 0.6) is 34.5 Å². The van der Waals surface area contributed by atoms with Gasteiger partial charge in [0.25, 0.3) is 11.8 Å². The Labute approximate surface area is 243 Å². The van der Waals surface area contributed by atoms with Crippen molar-refractivity contribution < 1.29 is 42.8 Å². The molecule has 0 radical (unpaired) electrons. The molecular weight excluding hydrogens is 546 g/mol. The highest BCUT2D eigenvalue weighted by Crippen LogP contribution is 2.38. The van der Waals surface area contributed by atoms with Crippen molar-refractivity contribution in [2.75, 3.05) is 41.1 Å². The summed E-state index contributed by atoms with van der Waals surface area (Å²) in [4.78, 5) is 37.5. The van der Waals surface area contributed by atoms with Gasteiger partial charge in [0.05, 0.1) is 52.9 Å². The number of esters is 1. The van der Waals surface area contributed by atoms with E-state index >= 15 is 0 Å². The van der Waals surface area contributed by atoms with E-state index in [0.29, 0.717) is 53.1 Å². The summed E-state index contributed by atoms with van der Waals surface area (Å²) in [6.07, 6.45) is 1.39. The van der Waals surface area contributed by atoms with Crippen LogP contribution in [0.1, 0.15) is 40.1 Å². The van der Waals surface area contributed by atoms with Crippen molar-refractivity contribution in [3.05, 3.63) is 71.3 Å². The standard InChI is InChI=1S/C30H33N3O9/c1-6-40-22-11-9-20(10-12-22)30(36)42-23-13-8-19(14-24(23)41-7-2)17-32-33-27(34)18-31-29(35)21-15-25(37-3)28(39-5)26(16-21)38-4/h8-17H,6-7,18H2,1-5H3,(H,31,35)(H,33,34). The number of hydrogen-bond donors (Lipinski definition) is 2. The Morgan fingerprint density at radius 2 is 1.43 bits per heavy atom. The van der Waals surface area contributed by atoms with Gasteiger partial charge in [0.15, 0.2) is 23.0 Å². The number of ether oxygens (including phenoxy) is 6. The molecule has 2 amide bonds. The molecule has 0 unspecified atom stereocenters. The molecule has 0 heterocycles. The van der Waals surface area contributed by atoms with Gasteiger partial charge in [-0.15, -0.1) is 0 Å². The molecule has 12 heteroatoms. The van der Waals surface area contributed by atoms with Crippen LogP contribution in [0.25, 0.3) is 0 Å². The summed E-state index contributed by atoms with van der Waals surface area (Å²) in [5.74, 6) is 0.523. The molecule has 0 aliphatic heterocycles. The van der Waals surface area contributed by atoms with E-state index in [1.165, 1.54) is 39.7 Å². The zero-order valence-corrected chi connectivity index (χ0v) is 24.0. The van der Waals surface area contributed by atoms with Gasteiger partial charge in [0.2, 0.25) is 5.75 Å². The molecule has 0 fully saturated rings. The van der Waals surface area contributed by atoms with Gasteiger partial charge in [-0.2, -0.15) is 5.10 Å². The minimum Gasteiger partial charge on any atom is -0.494 e. The number of rotatable bonds is 14. The Hall–Kier alpha value is -5.26. The van der Waals surface area contributed by atoms with Crippen molar-refractivity contribution in [2.45, 2.75) is 13.8 Å². The molecule has 3 aromatic rings. The zero-order valence-electron chi connectivity index (χ0n) is 24.0. The number of benzene rings is 3. The number of methoxy groups -OCH3 is 3. The second kappa shape index (κ2) is 15.5. The van der Waals surface area contributed by atoms with Crippen molar-refractivity contribution in [1.82, 2.24) is 10.7 Å². The quantitative estimate of drug-likeness (QED) is 0.127. The average molecular weight is 580 g/mol. The summed E-state index contributed by atoms with van der Waals surface area (Å²) in [6.45, 7) is 4.19. The first kappa shape index (κ1) is 31.3. The van der Waals surface area contributed by atoms with Crippen molar-refractivity contribution in [2.24, 2.45) is 5.10 Å². The van der Waals surface area contributed by atoms with Crippen LogP contribution in [0, 0.1) is 0 Å². The number of amides is 2. The van der Waals surface area contributed by atoms with E-state index in [2.05, 4.69) is 15.8 Å².